The molecule has 1 aromatic carbocycles. The first-order valence-electron chi connectivity index (χ1n) is 7.72. The van der Waals surface area contributed by atoms with Crippen LogP contribution in [0.2, 0.25) is 10.0 Å². The first-order valence-corrected chi connectivity index (χ1v) is 8.47. The summed E-state index contributed by atoms with van der Waals surface area (Å²) in [4.78, 5) is 24.6. The maximum atomic E-state index is 13.0. The Balaban J connectivity index is 2.50. The third-order valence-corrected chi connectivity index (χ3v) is 4.69. The standard InChI is InChI=1S/C17H18Cl2N2O4/c1-5-21-16(25-17(23)24-6-2)12(8-20-21)15(22)11-7-9(3)13(18)10(4)14(11)19/h7-8H,5-6H2,1-4H3. The minimum absolute atomic E-state index is 0.0206. The molecule has 0 saturated carbocycles. The highest BCUT2D eigenvalue weighted by Crippen LogP contribution is 2.33. The summed E-state index contributed by atoms with van der Waals surface area (Å²) in [6, 6.07) is 1.61. The van der Waals surface area contributed by atoms with Gasteiger partial charge in [-0.15, -0.1) is 0 Å². The van der Waals surface area contributed by atoms with Crippen molar-refractivity contribution in [1.29, 1.82) is 0 Å². The molecule has 0 aliphatic heterocycles. The van der Waals surface area contributed by atoms with Gasteiger partial charge in [-0.1, -0.05) is 23.2 Å². The van der Waals surface area contributed by atoms with Crippen molar-refractivity contribution in [2.45, 2.75) is 34.2 Å². The van der Waals surface area contributed by atoms with Crippen molar-refractivity contribution in [3.8, 4) is 5.88 Å². The van der Waals surface area contributed by atoms with Crippen LogP contribution in [0.1, 0.15) is 40.9 Å². The summed E-state index contributed by atoms with van der Waals surface area (Å²) in [5, 5.41) is 4.84. The molecule has 2 rings (SSSR count). The maximum absolute atomic E-state index is 13.0. The molecule has 1 heterocycles. The van der Waals surface area contributed by atoms with Crippen LogP contribution >= 0.6 is 23.2 Å². The lowest BCUT2D eigenvalue weighted by atomic mass is 10.0. The van der Waals surface area contributed by atoms with Crippen molar-refractivity contribution in [1.82, 2.24) is 9.78 Å². The van der Waals surface area contributed by atoms with E-state index in [-0.39, 0.29) is 28.6 Å². The lowest BCUT2D eigenvalue weighted by molar-refractivity contribution is 0.0978. The number of ketones is 1. The van der Waals surface area contributed by atoms with Crippen LogP contribution in [-0.2, 0) is 11.3 Å². The Kier molecular flexibility index (Phi) is 6.08. The summed E-state index contributed by atoms with van der Waals surface area (Å²) >= 11 is 12.5. The fourth-order valence-electron chi connectivity index (χ4n) is 2.34. The second kappa shape index (κ2) is 7.89. The molecule has 1 aromatic heterocycles. The highest BCUT2D eigenvalue weighted by atomic mass is 35.5. The topological polar surface area (TPSA) is 70.4 Å². The van der Waals surface area contributed by atoms with Crippen molar-refractivity contribution in [3.05, 3.63) is 44.6 Å². The second-order valence-electron chi connectivity index (χ2n) is 5.29. The molecule has 2 aromatic rings. The minimum Gasteiger partial charge on any atom is -0.434 e. The first kappa shape index (κ1) is 19.3. The molecular weight excluding hydrogens is 367 g/mol. The van der Waals surface area contributed by atoms with Crippen LogP contribution < -0.4 is 4.74 Å². The Bertz CT molecular complexity index is 831. The Morgan fingerprint density at radius 2 is 1.84 bits per heavy atom. The molecule has 0 radical (unpaired) electrons. The fourth-order valence-corrected chi connectivity index (χ4v) is 2.77. The second-order valence-corrected chi connectivity index (χ2v) is 6.04. The van der Waals surface area contributed by atoms with E-state index in [1.54, 1.807) is 26.8 Å². The highest BCUT2D eigenvalue weighted by Gasteiger charge is 2.25. The van der Waals surface area contributed by atoms with Gasteiger partial charge in [-0.05, 0) is 44.9 Å². The molecule has 0 N–H and O–H groups in total. The van der Waals surface area contributed by atoms with Crippen molar-refractivity contribution in [2.75, 3.05) is 6.61 Å². The van der Waals surface area contributed by atoms with Gasteiger partial charge in [-0.25, -0.2) is 9.48 Å². The van der Waals surface area contributed by atoms with E-state index in [1.807, 2.05) is 6.92 Å². The van der Waals surface area contributed by atoms with Gasteiger partial charge in [0.25, 0.3) is 0 Å². The van der Waals surface area contributed by atoms with Gasteiger partial charge in [0.2, 0.25) is 11.7 Å². The van der Waals surface area contributed by atoms with Gasteiger partial charge in [0, 0.05) is 17.1 Å². The predicted octanol–water partition coefficient (Wildman–Crippen LogP) is 4.59. The normalized spacial score (nSPS) is 10.6. The van der Waals surface area contributed by atoms with E-state index >= 15 is 0 Å². The summed E-state index contributed by atoms with van der Waals surface area (Å²) in [6.45, 7) is 7.55. The highest BCUT2D eigenvalue weighted by molar-refractivity contribution is 6.39. The van der Waals surface area contributed by atoms with Crippen LogP contribution in [0.4, 0.5) is 4.79 Å². The summed E-state index contributed by atoms with van der Waals surface area (Å²) in [5.74, 6) is -0.390. The number of halogens is 2. The van der Waals surface area contributed by atoms with Crippen LogP contribution in [0.15, 0.2) is 12.3 Å². The molecule has 8 heteroatoms. The predicted molar refractivity (Wildman–Crippen MR) is 94.9 cm³/mol. The number of hydrogen-bond acceptors (Lipinski definition) is 5. The zero-order chi connectivity index (χ0) is 18.7. The zero-order valence-corrected chi connectivity index (χ0v) is 15.9. The Morgan fingerprint density at radius 1 is 1.16 bits per heavy atom. The van der Waals surface area contributed by atoms with E-state index in [0.29, 0.717) is 17.1 Å². The molecule has 0 fully saturated rings. The number of benzene rings is 1. The van der Waals surface area contributed by atoms with E-state index in [0.717, 1.165) is 5.56 Å². The number of carbonyl (C=O) groups is 2. The van der Waals surface area contributed by atoms with Crippen LogP contribution in [0.5, 0.6) is 5.88 Å². The van der Waals surface area contributed by atoms with Gasteiger partial charge < -0.3 is 9.47 Å². The van der Waals surface area contributed by atoms with E-state index < -0.39 is 11.9 Å². The van der Waals surface area contributed by atoms with E-state index in [1.165, 1.54) is 10.9 Å². The summed E-state index contributed by atoms with van der Waals surface area (Å²) in [6.07, 6.45) is 0.442. The van der Waals surface area contributed by atoms with Gasteiger partial charge in [0.1, 0.15) is 5.56 Å². The molecule has 6 nitrogen and oxygen atoms in total. The smallest absolute Gasteiger partial charge is 0.434 e. The molecule has 25 heavy (non-hydrogen) atoms. The van der Waals surface area contributed by atoms with E-state index in [2.05, 4.69) is 5.10 Å². The van der Waals surface area contributed by atoms with Crippen molar-refractivity contribution < 1.29 is 19.1 Å². The molecule has 0 saturated heterocycles. The number of rotatable bonds is 5. The average molecular weight is 385 g/mol. The zero-order valence-electron chi connectivity index (χ0n) is 14.4. The molecule has 134 valence electrons. The molecule has 0 spiro atoms. The molecular formula is C17H18Cl2N2O4. The SMILES string of the molecule is CCOC(=O)Oc1c(C(=O)c2cc(C)c(Cl)c(C)c2Cl)cnn1CC. The van der Waals surface area contributed by atoms with Crippen LogP contribution in [0.3, 0.4) is 0 Å². The van der Waals surface area contributed by atoms with Gasteiger partial charge in [-0.3, -0.25) is 4.79 Å². The summed E-state index contributed by atoms with van der Waals surface area (Å²) in [5.41, 5.74) is 1.73. The van der Waals surface area contributed by atoms with Gasteiger partial charge in [0.15, 0.2) is 0 Å². The maximum Gasteiger partial charge on any atom is 0.515 e. The molecule has 0 bridgehead atoms. The van der Waals surface area contributed by atoms with Crippen LogP contribution in [-0.4, -0.2) is 28.3 Å². The molecule has 0 aliphatic carbocycles. The number of carbonyl (C=O) groups excluding carboxylic acids is 2. The molecule has 0 amide bonds. The van der Waals surface area contributed by atoms with E-state index in [4.69, 9.17) is 32.7 Å². The number of ether oxygens (including phenoxy) is 2. The Hall–Kier alpha value is -2.05. The fraction of sp³-hybridized carbons (Fsp3) is 0.353. The monoisotopic (exact) mass is 384 g/mol. The summed E-state index contributed by atoms with van der Waals surface area (Å²) in [7, 11) is 0. The average Bonchev–Trinajstić information content (AvgIpc) is 2.98. The van der Waals surface area contributed by atoms with Crippen LogP contribution in [0, 0.1) is 13.8 Å². The van der Waals surface area contributed by atoms with Gasteiger partial charge in [-0.2, -0.15) is 5.10 Å². The lowest BCUT2D eigenvalue weighted by Crippen LogP contribution is -2.15. The van der Waals surface area contributed by atoms with Crippen molar-refractivity contribution in [2.24, 2.45) is 0 Å². The lowest BCUT2D eigenvalue weighted by Gasteiger charge is -2.11. The van der Waals surface area contributed by atoms with Gasteiger partial charge >= 0.3 is 6.16 Å². The largest absolute Gasteiger partial charge is 0.515 e. The minimum atomic E-state index is -0.902. The van der Waals surface area contributed by atoms with Crippen molar-refractivity contribution >= 4 is 35.1 Å². The summed E-state index contributed by atoms with van der Waals surface area (Å²) < 4.78 is 11.3. The number of hydrogen-bond donors (Lipinski definition) is 0. The third-order valence-electron chi connectivity index (χ3n) is 3.62. The Labute approximate surface area is 155 Å². The number of aromatic nitrogens is 2. The number of nitrogens with zero attached hydrogens (tertiary/aromatic N) is 2. The van der Waals surface area contributed by atoms with Crippen molar-refractivity contribution in [3.63, 3.8) is 0 Å². The van der Waals surface area contributed by atoms with E-state index in [9.17, 15) is 9.59 Å². The molecule has 0 unspecified atom stereocenters. The molecule has 0 atom stereocenters. The molecule has 0 aliphatic rings. The quantitative estimate of drug-likeness (QED) is 0.556. The number of aryl methyl sites for hydroxylation is 2. The van der Waals surface area contributed by atoms with Crippen LogP contribution in [0.25, 0.3) is 0 Å². The Morgan fingerprint density at radius 3 is 2.44 bits per heavy atom. The third kappa shape index (κ3) is 3.80. The first-order chi connectivity index (χ1) is 11.8. The van der Waals surface area contributed by atoms with Gasteiger partial charge in [0.05, 0.1) is 17.8 Å².